The Kier molecular flexibility index (Phi) is 6.09. The number of benzene rings is 1. The predicted octanol–water partition coefficient (Wildman–Crippen LogP) is 3.94. The van der Waals surface area contributed by atoms with Gasteiger partial charge in [0.1, 0.15) is 6.61 Å². The molecule has 11 heteroatoms. The highest BCUT2D eigenvalue weighted by Crippen LogP contribution is 2.28. The van der Waals surface area contributed by atoms with Crippen molar-refractivity contribution >= 4 is 33.0 Å². The van der Waals surface area contributed by atoms with E-state index in [0.717, 1.165) is 11.6 Å². The Morgan fingerprint density at radius 1 is 1.35 bits per heavy atom. The first-order valence-electron chi connectivity index (χ1n) is 7.04. The highest BCUT2D eigenvalue weighted by Gasteiger charge is 2.46. The number of hydrogen-bond donors (Lipinski definition) is 1. The molecule has 0 radical (unpaired) electrons. The third-order valence-corrected chi connectivity index (χ3v) is 4.41. The Morgan fingerprint density at radius 3 is 2.69 bits per heavy atom. The average molecular weight is 408 g/mol. The number of pyridine rings is 1. The summed E-state index contributed by atoms with van der Waals surface area (Å²) in [6, 6.07) is 7.10. The quantitative estimate of drug-likeness (QED) is 0.581. The largest absolute Gasteiger partial charge is 0.516 e. The van der Waals surface area contributed by atoms with E-state index >= 15 is 0 Å². The van der Waals surface area contributed by atoms with Crippen molar-refractivity contribution in [2.45, 2.75) is 19.0 Å². The molecule has 0 saturated heterocycles. The van der Waals surface area contributed by atoms with Crippen LogP contribution in [0, 0.1) is 0 Å². The van der Waals surface area contributed by atoms with Gasteiger partial charge >= 0.3 is 15.5 Å². The van der Waals surface area contributed by atoms with Crippen LogP contribution in [0.1, 0.15) is 18.1 Å². The minimum Gasteiger partial charge on any atom is -0.391 e. The van der Waals surface area contributed by atoms with Gasteiger partial charge in [-0.15, -0.1) is 0 Å². The number of alkyl halides is 3. The number of nitrogens with one attached hydrogen (secondary N) is 1. The first-order chi connectivity index (χ1) is 12.1. The summed E-state index contributed by atoms with van der Waals surface area (Å²) in [5, 5.41) is 3.99. The molecule has 1 aromatic carbocycles. The summed E-state index contributed by atoms with van der Waals surface area (Å²) >= 11 is 5.85. The number of anilines is 1. The van der Waals surface area contributed by atoms with E-state index in [1.807, 2.05) is 0 Å². The standard InChI is InChI=1S/C15H13ClF3N3O3S/c1-10(21-25-9-11-3-2-6-20-8-11)13-7-12(16)4-5-14(13)22-26(23,24)15(17,18)19/h2-8,22H,9H2,1H3/b21-10+. The molecule has 6 nitrogen and oxygen atoms in total. The van der Waals surface area contributed by atoms with Crippen molar-refractivity contribution in [1.82, 2.24) is 4.98 Å². The molecule has 1 aromatic heterocycles. The van der Waals surface area contributed by atoms with E-state index in [1.54, 1.807) is 24.5 Å². The lowest BCUT2D eigenvalue weighted by Crippen LogP contribution is -2.30. The molecule has 2 rings (SSSR count). The molecule has 0 aliphatic carbocycles. The van der Waals surface area contributed by atoms with Crippen molar-refractivity contribution in [2.24, 2.45) is 5.16 Å². The number of hydrogen-bond acceptors (Lipinski definition) is 5. The van der Waals surface area contributed by atoms with Gasteiger partial charge < -0.3 is 4.84 Å². The van der Waals surface area contributed by atoms with Crippen molar-refractivity contribution in [3.05, 3.63) is 58.9 Å². The lowest BCUT2D eigenvalue weighted by atomic mass is 10.1. The highest BCUT2D eigenvalue weighted by atomic mass is 35.5. The van der Waals surface area contributed by atoms with Crippen LogP contribution in [0.2, 0.25) is 5.02 Å². The minimum atomic E-state index is -5.58. The number of aromatic nitrogens is 1. The SMILES string of the molecule is C/C(=N\OCc1cccnc1)c1cc(Cl)ccc1NS(=O)(=O)C(F)(F)F. The Labute approximate surface area is 152 Å². The van der Waals surface area contributed by atoms with E-state index in [2.05, 4.69) is 10.1 Å². The number of halogens is 4. The molecule has 0 fully saturated rings. The fourth-order valence-electron chi connectivity index (χ4n) is 1.84. The first-order valence-corrected chi connectivity index (χ1v) is 8.91. The summed E-state index contributed by atoms with van der Waals surface area (Å²) in [4.78, 5) is 9.03. The maximum Gasteiger partial charge on any atom is 0.516 e. The highest BCUT2D eigenvalue weighted by molar-refractivity contribution is 7.93. The number of nitrogens with zero attached hydrogens (tertiary/aromatic N) is 2. The van der Waals surface area contributed by atoms with Gasteiger partial charge in [0.25, 0.3) is 0 Å². The topological polar surface area (TPSA) is 80.7 Å². The van der Waals surface area contributed by atoms with Gasteiger partial charge in [-0.2, -0.15) is 21.6 Å². The number of oxime groups is 1. The molecule has 0 bridgehead atoms. The van der Waals surface area contributed by atoms with Crippen molar-refractivity contribution in [3.8, 4) is 0 Å². The molecule has 0 amide bonds. The van der Waals surface area contributed by atoms with Gasteiger partial charge in [-0.3, -0.25) is 9.71 Å². The third kappa shape index (κ3) is 5.09. The van der Waals surface area contributed by atoms with Gasteiger partial charge in [0.15, 0.2) is 0 Å². The number of sulfonamides is 1. The van der Waals surface area contributed by atoms with E-state index < -0.39 is 15.5 Å². The summed E-state index contributed by atoms with van der Waals surface area (Å²) in [6.45, 7) is 1.52. The fourth-order valence-corrected chi connectivity index (χ4v) is 2.60. The van der Waals surface area contributed by atoms with Crippen molar-refractivity contribution in [2.75, 3.05) is 4.72 Å². The van der Waals surface area contributed by atoms with Crippen LogP contribution in [-0.4, -0.2) is 24.6 Å². The zero-order valence-corrected chi connectivity index (χ0v) is 14.9. The lowest BCUT2D eigenvalue weighted by Gasteiger charge is -2.14. The zero-order valence-electron chi connectivity index (χ0n) is 13.3. The molecular formula is C15H13ClF3N3O3S. The third-order valence-electron chi connectivity index (χ3n) is 3.08. The molecule has 0 saturated carbocycles. The molecule has 0 unspecified atom stereocenters. The van der Waals surface area contributed by atoms with Crippen LogP contribution in [0.3, 0.4) is 0 Å². The van der Waals surface area contributed by atoms with E-state index in [9.17, 15) is 21.6 Å². The van der Waals surface area contributed by atoms with E-state index in [0.29, 0.717) is 0 Å². The maximum absolute atomic E-state index is 12.6. The molecule has 26 heavy (non-hydrogen) atoms. The Bertz CT molecular complexity index is 903. The average Bonchev–Trinajstić information content (AvgIpc) is 2.56. The van der Waals surface area contributed by atoms with Gasteiger partial charge in [-0.1, -0.05) is 22.8 Å². The summed E-state index contributed by atoms with van der Waals surface area (Å²) in [5.74, 6) is 0. The Morgan fingerprint density at radius 2 is 2.08 bits per heavy atom. The van der Waals surface area contributed by atoms with Gasteiger partial charge in [0, 0.05) is 28.5 Å². The van der Waals surface area contributed by atoms with Gasteiger partial charge in [0.2, 0.25) is 0 Å². The van der Waals surface area contributed by atoms with Crippen LogP contribution < -0.4 is 4.72 Å². The van der Waals surface area contributed by atoms with Gasteiger partial charge in [-0.05, 0) is 31.2 Å². The summed E-state index contributed by atoms with van der Waals surface area (Å²) in [7, 11) is -5.58. The minimum absolute atomic E-state index is 0.0523. The number of rotatable bonds is 6. The van der Waals surface area contributed by atoms with Gasteiger partial charge in [-0.25, -0.2) is 0 Å². The molecule has 1 heterocycles. The molecular weight excluding hydrogens is 395 g/mol. The first kappa shape index (κ1) is 20.0. The van der Waals surface area contributed by atoms with Crippen LogP contribution in [-0.2, 0) is 21.5 Å². The van der Waals surface area contributed by atoms with Crippen LogP contribution in [0.5, 0.6) is 0 Å². The summed E-state index contributed by atoms with van der Waals surface area (Å²) in [5.41, 5.74) is -4.86. The monoisotopic (exact) mass is 407 g/mol. The van der Waals surface area contributed by atoms with Gasteiger partial charge in [0.05, 0.1) is 11.4 Å². The molecule has 1 N–H and O–H groups in total. The van der Waals surface area contributed by atoms with E-state index in [-0.39, 0.29) is 28.6 Å². The smallest absolute Gasteiger partial charge is 0.391 e. The second-order valence-corrected chi connectivity index (χ2v) is 7.16. The molecule has 140 valence electrons. The molecule has 0 aliphatic heterocycles. The van der Waals surface area contributed by atoms with Crippen LogP contribution in [0.4, 0.5) is 18.9 Å². The van der Waals surface area contributed by atoms with Crippen molar-refractivity contribution in [1.29, 1.82) is 0 Å². The zero-order chi connectivity index (χ0) is 19.4. The van der Waals surface area contributed by atoms with Crippen molar-refractivity contribution < 1.29 is 26.4 Å². The summed E-state index contributed by atoms with van der Waals surface area (Å²) in [6.07, 6.45) is 3.15. The Balaban J connectivity index is 2.24. The Hall–Kier alpha value is -2.33. The lowest BCUT2D eigenvalue weighted by molar-refractivity contribution is -0.0429. The van der Waals surface area contributed by atoms with Crippen molar-refractivity contribution in [3.63, 3.8) is 0 Å². The van der Waals surface area contributed by atoms with Crippen LogP contribution >= 0.6 is 11.6 Å². The summed E-state index contributed by atoms with van der Waals surface area (Å²) < 4.78 is 61.9. The molecule has 0 aliphatic rings. The van der Waals surface area contributed by atoms with Crippen LogP contribution in [0.15, 0.2) is 47.9 Å². The molecule has 0 atom stereocenters. The molecule has 0 spiro atoms. The van der Waals surface area contributed by atoms with E-state index in [1.165, 1.54) is 23.8 Å². The second kappa shape index (κ2) is 7.92. The molecule has 2 aromatic rings. The van der Waals surface area contributed by atoms with Crippen LogP contribution in [0.25, 0.3) is 0 Å². The predicted molar refractivity (Wildman–Crippen MR) is 91.3 cm³/mol. The fraction of sp³-hybridized carbons (Fsp3) is 0.200. The normalized spacial score (nSPS) is 12.7. The maximum atomic E-state index is 12.6. The second-order valence-electron chi connectivity index (χ2n) is 5.05. The van der Waals surface area contributed by atoms with E-state index in [4.69, 9.17) is 16.4 Å².